The predicted octanol–water partition coefficient (Wildman–Crippen LogP) is 0.959. The van der Waals surface area contributed by atoms with Crippen molar-refractivity contribution in [2.45, 2.75) is 25.8 Å². The van der Waals surface area contributed by atoms with Gasteiger partial charge >= 0.3 is 0 Å². The lowest BCUT2D eigenvalue weighted by molar-refractivity contribution is -0.120. The Kier molecular flexibility index (Phi) is 3.94. The number of nitrogens with two attached hydrogens (primary N) is 1. The van der Waals surface area contributed by atoms with Crippen LogP contribution in [0.2, 0.25) is 0 Å². The zero-order valence-corrected chi connectivity index (χ0v) is 10.4. The van der Waals surface area contributed by atoms with Gasteiger partial charge in [-0.05, 0) is 31.0 Å². The first kappa shape index (κ1) is 12.6. The first-order valence-corrected chi connectivity index (χ1v) is 6.10. The minimum Gasteiger partial charge on any atom is -0.356 e. The summed E-state index contributed by atoms with van der Waals surface area (Å²) < 4.78 is 0. The number of H-pyrrole nitrogens is 1. The van der Waals surface area contributed by atoms with E-state index in [-0.39, 0.29) is 11.9 Å². The Morgan fingerprint density at radius 3 is 3.22 bits per heavy atom. The van der Waals surface area contributed by atoms with Crippen LogP contribution in [0.25, 0.3) is 11.0 Å². The third-order valence-corrected chi connectivity index (χ3v) is 2.81. The van der Waals surface area contributed by atoms with Gasteiger partial charge in [-0.3, -0.25) is 4.79 Å². The topological polar surface area (TPSA) is 83.8 Å². The van der Waals surface area contributed by atoms with Crippen LogP contribution >= 0.6 is 0 Å². The Morgan fingerprint density at radius 2 is 2.44 bits per heavy atom. The molecule has 0 aliphatic rings. The van der Waals surface area contributed by atoms with Gasteiger partial charge in [0.05, 0.1) is 6.42 Å². The Balaban J connectivity index is 1.95. The molecular weight excluding hydrogens is 228 g/mol. The van der Waals surface area contributed by atoms with Gasteiger partial charge in [0.25, 0.3) is 0 Å². The fraction of sp³-hybridized carbons (Fsp3) is 0.385. The van der Waals surface area contributed by atoms with Gasteiger partial charge in [0.1, 0.15) is 5.65 Å². The van der Waals surface area contributed by atoms with Crippen LogP contribution in [-0.4, -0.2) is 28.5 Å². The molecule has 2 aromatic rings. The highest BCUT2D eigenvalue weighted by Gasteiger charge is 2.08. The number of aromatic amines is 1. The summed E-state index contributed by atoms with van der Waals surface area (Å²) in [4.78, 5) is 19.0. The standard InChI is InChI=1S/C13H18N4O/c1-9(14)4-6-15-12(18)7-10-8-17-13-11(10)3-2-5-16-13/h2-3,5,8-9H,4,6-7,14H2,1H3,(H,15,18)(H,16,17). The van der Waals surface area contributed by atoms with Crippen LogP contribution in [0.4, 0.5) is 0 Å². The van der Waals surface area contributed by atoms with Gasteiger partial charge in [0.2, 0.25) is 5.91 Å². The lowest BCUT2D eigenvalue weighted by Crippen LogP contribution is -2.29. The second kappa shape index (κ2) is 5.64. The lowest BCUT2D eigenvalue weighted by Gasteiger charge is -2.06. The minimum absolute atomic E-state index is 0.0143. The van der Waals surface area contributed by atoms with Gasteiger partial charge in [-0.1, -0.05) is 0 Å². The number of hydrogen-bond donors (Lipinski definition) is 3. The van der Waals surface area contributed by atoms with Gasteiger partial charge in [-0.2, -0.15) is 0 Å². The molecule has 0 spiro atoms. The van der Waals surface area contributed by atoms with Gasteiger partial charge in [-0.25, -0.2) is 4.98 Å². The Labute approximate surface area is 106 Å². The predicted molar refractivity (Wildman–Crippen MR) is 71.1 cm³/mol. The summed E-state index contributed by atoms with van der Waals surface area (Å²) in [6, 6.07) is 3.94. The molecule has 0 aliphatic heterocycles. The van der Waals surface area contributed by atoms with Crippen LogP contribution in [0.1, 0.15) is 18.9 Å². The number of carbonyl (C=O) groups excluding carboxylic acids is 1. The molecule has 1 amide bonds. The van der Waals surface area contributed by atoms with E-state index >= 15 is 0 Å². The monoisotopic (exact) mass is 246 g/mol. The molecular formula is C13H18N4O. The molecule has 5 nitrogen and oxygen atoms in total. The highest BCUT2D eigenvalue weighted by molar-refractivity contribution is 5.86. The maximum atomic E-state index is 11.7. The third-order valence-electron chi connectivity index (χ3n) is 2.81. The van der Waals surface area contributed by atoms with E-state index < -0.39 is 0 Å². The van der Waals surface area contributed by atoms with E-state index in [1.54, 1.807) is 6.20 Å². The molecule has 18 heavy (non-hydrogen) atoms. The summed E-state index contributed by atoms with van der Waals surface area (Å²) in [6.07, 6.45) is 4.72. The number of aromatic nitrogens is 2. The fourth-order valence-electron chi connectivity index (χ4n) is 1.83. The number of nitrogens with zero attached hydrogens (tertiary/aromatic N) is 1. The zero-order valence-electron chi connectivity index (χ0n) is 10.4. The average Bonchev–Trinajstić information content (AvgIpc) is 2.72. The van der Waals surface area contributed by atoms with Gasteiger partial charge in [-0.15, -0.1) is 0 Å². The molecule has 0 aromatic carbocycles. The molecule has 0 fully saturated rings. The Morgan fingerprint density at radius 1 is 1.61 bits per heavy atom. The molecule has 2 rings (SSSR count). The van der Waals surface area contributed by atoms with Crippen molar-refractivity contribution in [1.82, 2.24) is 15.3 Å². The molecule has 0 radical (unpaired) electrons. The molecule has 0 saturated carbocycles. The molecule has 2 aromatic heterocycles. The zero-order chi connectivity index (χ0) is 13.0. The van der Waals surface area contributed by atoms with E-state index in [0.29, 0.717) is 13.0 Å². The molecule has 5 heteroatoms. The molecule has 1 unspecified atom stereocenters. The van der Waals surface area contributed by atoms with Crippen molar-refractivity contribution in [3.8, 4) is 0 Å². The van der Waals surface area contributed by atoms with Crippen LogP contribution in [0.15, 0.2) is 24.5 Å². The van der Waals surface area contributed by atoms with Crippen LogP contribution in [0.5, 0.6) is 0 Å². The fourth-order valence-corrected chi connectivity index (χ4v) is 1.83. The molecule has 0 aliphatic carbocycles. The van der Waals surface area contributed by atoms with Gasteiger partial charge < -0.3 is 16.0 Å². The Hall–Kier alpha value is -1.88. The quantitative estimate of drug-likeness (QED) is 0.734. The molecule has 96 valence electrons. The summed E-state index contributed by atoms with van der Waals surface area (Å²) in [5.74, 6) is 0.0143. The van der Waals surface area contributed by atoms with E-state index in [4.69, 9.17) is 5.73 Å². The lowest BCUT2D eigenvalue weighted by atomic mass is 10.1. The van der Waals surface area contributed by atoms with Crippen molar-refractivity contribution in [3.63, 3.8) is 0 Å². The maximum Gasteiger partial charge on any atom is 0.224 e. The van der Waals surface area contributed by atoms with Crippen molar-refractivity contribution in [2.75, 3.05) is 6.54 Å². The van der Waals surface area contributed by atoms with E-state index in [0.717, 1.165) is 23.0 Å². The third kappa shape index (κ3) is 3.07. The minimum atomic E-state index is 0.0143. The number of amides is 1. The SMILES string of the molecule is CC(N)CCNC(=O)Cc1c[nH]c2ncccc12. The van der Waals surface area contributed by atoms with Crippen LogP contribution in [0.3, 0.4) is 0 Å². The van der Waals surface area contributed by atoms with E-state index in [9.17, 15) is 4.79 Å². The van der Waals surface area contributed by atoms with Crippen LogP contribution < -0.4 is 11.1 Å². The second-order valence-electron chi connectivity index (χ2n) is 4.51. The number of nitrogens with one attached hydrogen (secondary N) is 2. The molecule has 2 heterocycles. The van der Waals surface area contributed by atoms with Crippen LogP contribution in [0, 0.1) is 0 Å². The average molecular weight is 246 g/mol. The molecule has 0 saturated heterocycles. The maximum absolute atomic E-state index is 11.7. The summed E-state index contributed by atoms with van der Waals surface area (Å²) in [7, 11) is 0. The highest BCUT2D eigenvalue weighted by atomic mass is 16.1. The van der Waals surface area contributed by atoms with E-state index in [1.165, 1.54) is 0 Å². The highest BCUT2D eigenvalue weighted by Crippen LogP contribution is 2.15. The van der Waals surface area contributed by atoms with Crippen molar-refractivity contribution in [3.05, 3.63) is 30.1 Å². The summed E-state index contributed by atoms with van der Waals surface area (Å²) in [6.45, 7) is 2.55. The molecule has 4 N–H and O–H groups in total. The van der Waals surface area contributed by atoms with Crippen molar-refractivity contribution >= 4 is 16.9 Å². The van der Waals surface area contributed by atoms with Gasteiger partial charge in [0.15, 0.2) is 0 Å². The summed E-state index contributed by atoms with van der Waals surface area (Å²) >= 11 is 0. The second-order valence-corrected chi connectivity index (χ2v) is 4.51. The molecule has 1 atom stereocenters. The van der Waals surface area contributed by atoms with E-state index in [2.05, 4.69) is 15.3 Å². The van der Waals surface area contributed by atoms with Gasteiger partial charge in [0, 0.05) is 30.4 Å². The van der Waals surface area contributed by atoms with Crippen molar-refractivity contribution < 1.29 is 4.79 Å². The summed E-state index contributed by atoms with van der Waals surface area (Å²) in [5, 5.41) is 3.86. The number of hydrogen-bond acceptors (Lipinski definition) is 3. The number of carbonyl (C=O) groups is 1. The Bertz CT molecular complexity index is 533. The first-order chi connectivity index (χ1) is 8.66. The van der Waals surface area contributed by atoms with E-state index in [1.807, 2.05) is 25.3 Å². The van der Waals surface area contributed by atoms with Crippen molar-refractivity contribution in [2.24, 2.45) is 5.73 Å². The normalized spacial score (nSPS) is 12.6. The summed E-state index contributed by atoms with van der Waals surface area (Å²) in [5.41, 5.74) is 7.41. The largest absolute Gasteiger partial charge is 0.356 e. The van der Waals surface area contributed by atoms with Crippen molar-refractivity contribution in [1.29, 1.82) is 0 Å². The van der Waals surface area contributed by atoms with Crippen LogP contribution in [-0.2, 0) is 11.2 Å². The molecule has 0 bridgehead atoms. The number of fused-ring (bicyclic) bond motifs is 1. The number of pyridine rings is 1. The first-order valence-electron chi connectivity index (χ1n) is 6.10. The smallest absolute Gasteiger partial charge is 0.224 e. The number of rotatable bonds is 5.